The Hall–Kier alpha value is -0.940. The Morgan fingerprint density at radius 1 is 1.17 bits per heavy atom. The number of rotatable bonds is 3. The van der Waals surface area contributed by atoms with Gasteiger partial charge in [0.25, 0.3) is 0 Å². The Morgan fingerprint density at radius 2 is 1.94 bits per heavy atom. The van der Waals surface area contributed by atoms with Crippen molar-refractivity contribution in [2.24, 2.45) is 0 Å². The standard InChI is InChI=1S/C13H13Br2N3/c1-3-9-6-10(14)4-5-11(9)18-13-7-12(15)16-8(2)17-13/h4-7H,3H2,1-2H3,(H,16,17,18). The van der Waals surface area contributed by atoms with Gasteiger partial charge < -0.3 is 5.32 Å². The molecule has 1 aromatic carbocycles. The van der Waals surface area contributed by atoms with E-state index in [2.05, 4.69) is 60.1 Å². The van der Waals surface area contributed by atoms with Crippen LogP contribution in [0.3, 0.4) is 0 Å². The normalized spacial score (nSPS) is 10.4. The lowest BCUT2D eigenvalue weighted by atomic mass is 10.1. The van der Waals surface area contributed by atoms with Crippen molar-refractivity contribution in [1.82, 2.24) is 9.97 Å². The van der Waals surface area contributed by atoms with Crippen LogP contribution in [0.4, 0.5) is 11.5 Å². The summed E-state index contributed by atoms with van der Waals surface area (Å²) >= 11 is 6.86. The summed E-state index contributed by atoms with van der Waals surface area (Å²) in [4.78, 5) is 8.55. The van der Waals surface area contributed by atoms with E-state index in [9.17, 15) is 0 Å². The molecular weight excluding hydrogens is 358 g/mol. The van der Waals surface area contributed by atoms with Crippen LogP contribution in [-0.2, 0) is 6.42 Å². The van der Waals surface area contributed by atoms with E-state index in [4.69, 9.17) is 0 Å². The molecule has 0 spiro atoms. The Bertz CT molecular complexity index is 550. The van der Waals surface area contributed by atoms with Gasteiger partial charge in [0.05, 0.1) is 0 Å². The molecular formula is C13H13Br2N3. The number of nitrogens with zero attached hydrogens (tertiary/aromatic N) is 2. The first-order chi connectivity index (χ1) is 8.58. The van der Waals surface area contributed by atoms with Crippen LogP contribution in [0.25, 0.3) is 0 Å². The summed E-state index contributed by atoms with van der Waals surface area (Å²) in [6.45, 7) is 4.01. The van der Waals surface area contributed by atoms with E-state index in [-0.39, 0.29) is 0 Å². The van der Waals surface area contributed by atoms with Crippen molar-refractivity contribution in [3.8, 4) is 0 Å². The molecule has 1 aromatic heterocycles. The summed E-state index contributed by atoms with van der Waals surface area (Å²) in [5.41, 5.74) is 2.32. The van der Waals surface area contributed by atoms with Crippen molar-refractivity contribution in [3.63, 3.8) is 0 Å². The Kier molecular flexibility index (Phi) is 4.35. The third-order valence-corrected chi connectivity index (χ3v) is 3.42. The second-order valence-electron chi connectivity index (χ2n) is 3.90. The third kappa shape index (κ3) is 3.29. The molecule has 0 bridgehead atoms. The molecule has 18 heavy (non-hydrogen) atoms. The molecule has 0 aliphatic carbocycles. The molecule has 94 valence electrons. The minimum absolute atomic E-state index is 0.738. The lowest BCUT2D eigenvalue weighted by Gasteiger charge is -2.11. The number of aryl methyl sites for hydroxylation is 2. The van der Waals surface area contributed by atoms with Crippen molar-refractivity contribution < 1.29 is 0 Å². The predicted octanol–water partition coefficient (Wildman–Crippen LogP) is 4.62. The summed E-state index contributed by atoms with van der Waals surface area (Å²) in [5, 5.41) is 3.33. The van der Waals surface area contributed by atoms with Crippen LogP contribution >= 0.6 is 31.9 Å². The van der Waals surface area contributed by atoms with Gasteiger partial charge in [-0.25, -0.2) is 9.97 Å². The lowest BCUT2D eigenvalue weighted by molar-refractivity contribution is 1.03. The van der Waals surface area contributed by atoms with E-state index in [1.807, 2.05) is 25.1 Å². The maximum atomic E-state index is 4.36. The molecule has 1 heterocycles. The van der Waals surface area contributed by atoms with Gasteiger partial charge >= 0.3 is 0 Å². The van der Waals surface area contributed by atoms with Crippen molar-refractivity contribution in [3.05, 3.63) is 44.7 Å². The highest BCUT2D eigenvalue weighted by atomic mass is 79.9. The zero-order valence-corrected chi connectivity index (χ0v) is 13.3. The maximum absolute atomic E-state index is 4.36. The Labute approximate surface area is 123 Å². The van der Waals surface area contributed by atoms with Crippen molar-refractivity contribution in [2.75, 3.05) is 5.32 Å². The monoisotopic (exact) mass is 369 g/mol. The van der Waals surface area contributed by atoms with E-state index in [0.29, 0.717) is 0 Å². The molecule has 0 unspecified atom stereocenters. The van der Waals surface area contributed by atoms with Crippen molar-refractivity contribution in [2.45, 2.75) is 20.3 Å². The van der Waals surface area contributed by atoms with Gasteiger partial charge in [-0.1, -0.05) is 22.9 Å². The van der Waals surface area contributed by atoms with Crippen LogP contribution in [0.2, 0.25) is 0 Å². The molecule has 0 amide bonds. The minimum Gasteiger partial charge on any atom is -0.340 e. The SMILES string of the molecule is CCc1cc(Br)ccc1Nc1cc(Br)nc(C)n1. The van der Waals surface area contributed by atoms with Gasteiger partial charge in [-0.3, -0.25) is 0 Å². The van der Waals surface area contributed by atoms with Crippen LogP contribution in [-0.4, -0.2) is 9.97 Å². The van der Waals surface area contributed by atoms with Gasteiger partial charge in [0.1, 0.15) is 16.2 Å². The van der Waals surface area contributed by atoms with E-state index in [0.717, 1.165) is 32.8 Å². The fourth-order valence-corrected chi connectivity index (χ4v) is 2.59. The summed E-state index contributed by atoms with van der Waals surface area (Å²) in [5.74, 6) is 1.54. The first-order valence-electron chi connectivity index (χ1n) is 5.65. The third-order valence-electron chi connectivity index (χ3n) is 2.52. The first-order valence-corrected chi connectivity index (χ1v) is 7.23. The lowest BCUT2D eigenvalue weighted by Crippen LogP contribution is -2.00. The van der Waals surface area contributed by atoms with Crippen LogP contribution in [0.5, 0.6) is 0 Å². The molecule has 0 fully saturated rings. The number of aromatic nitrogens is 2. The molecule has 2 aromatic rings. The van der Waals surface area contributed by atoms with Gasteiger partial charge in [-0.15, -0.1) is 0 Å². The quantitative estimate of drug-likeness (QED) is 0.801. The number of halogens is 2. The average molecular weight is 371 g/mol. The molecule has 0 atom stereocenters. The van der Waals surface area contributed by atoms with E-state index < -0.39 is 0 Å². The average Bonchev–Trinajstić information content (AvgIpc) is 2.30. The molecule has 0 saturated heterocycles. The van der Waals surface area contributed by atoms with Gasteiger partial charge in [-0.2, -0.15) is 0 Å². The largest absolute Gasteiger partial charge is 0.340 e. The zero-order valence-electron chi connectivity index (χ0n) is 10.2. The summed E-state index contributed by atoms with van der Waals surface area (Å²) in [7, 11) is 0. The summed E-state index contributed by atoms with van der Waals surface area (Å²) in [6.07, 6.45) is 0.965. The molecule has 1 N–H and O–H groups in total. The fraction of sp³-hybridized carbons (Fsp3) is 0.231. The molecule has 0 aliphatic heterocycles. The van der Waals surface area contributed by atoms with Crippen LogP contribution in [0, 0.1) is 6.92 Å². The summed E-state index contributed by atoms with van der Waals surface area (Å²) < 4.78 is 1.87. The number of anilines is 2. The molecule has 2 rings (SSSR count). The molecule has 0 aliphatic rings. The smallest absolute Gasteiger partial charge is 0.135 e. The molecule has 5 heteroatoms. The van der Waals surface area contributed by atoms with Crippen molar-refractivity contribution in [1.29, 1.82) is 0 Å². The topological polar surface area (TPSA) is 37.8 Å². The molecule has 0 saturated carbocycles. The number of benzene rings is 1. The number of nitrogens with one attached hydrogen (secondary N) is 1. The zero-order chi connectivity index (χ0) is 13.1. The van der Waals surface area contributed by atoms with Crippen LogP contribution in [0.15, 0.2) is 33.3 Å². The highest BCUT2D eigenvalue weighted by molar-refractivity contribution is 9.10. The highest BCUT2D eigenvalue weighted by Crippen LogP contribution is 2.25. The van der Waals surface area contributed by atoms with Crippen LogP contribution in [0.1, 0.15) is 18.3 Å². The highest BCUT2D eigenvalue weighted by Gasteiger charge is 2.04. The van der Waals surface area contributed by atoms with Crippen LogP contribution < -0.4 is 5.32 Å². The Morgan fingerprint density at radius 3 is 2.61 bits per heavy atom. The van der Waals surface area contributed by atoms with Gasteiger partial charge in [0.2, 0.25) is 0 Å². The second-order valence-corrected chi connectivity index (χ2v) is 5.63. The fourth-order valence-electron chi connectivity index (χ4n) is 1.71. The second kappa shape index (κ2) is 5.80. The number of hydrogen-bond donors (Lipinski definition) is 1. The molecule has 0 radical (unpaired) electrons. The van der Waals surface area contributed by atoms with Gasteiger partial charge in [0, 0.05) is 16.2 Å². The predicted molar refractivity (Wildman–Crippen MR) is 81.3 cm³/mol. The summed E-state index contributed by atoms with van der Waals surface area (Å²) in [6, 6.07) is 8.05. The number of hydrogen-bond acceptors (Lipinski definition) is 3. The molecule has 3 nitrogen and oxygen atoms in total. The Balaban J connectivity index is 2.33. The minimum atomic E-state index is 0.738. The van der Waals surface area contributed by atoms with E-state index >= 15 is 0 Å². The maximum Gasteiger partial charge on any atom is 0.135 e. The van der Waals surface area contributed by atoms with Gasteiger partial charge in [-0.05, 0) is 53.0 Å². The van der Waals surface area contributed by atoms with Crippen molar-refractivity contribution >= 4 is 43.4 Å². The van der Waals surface area contributed by atoms with E-state index in [1.165, 1.54) is 5.56 Å². The van der Waals surface area contributed by atoms with E-state index in [1.54, 1.807) is 0 Å². The van der Waals surface area contributed by atoms with Gasteiger partial charge in [0.15, 0.2) is 0 Å². The first kappa shape index (κ1) is 13.5.